The molecule has 7 heteroatoms. The fourth-order valence-electron chi connectivity index (χ4n) is 3.55. The minimum Gasteiger partial charge on any atom is -0.494 e. The molecule has 3 aromatic carbocycles. The highest BCUT2D eigenvalue weighted by atomic mass is 79.9. The van der Waals surface area contributed by atoms with Gasteiger partial charge in [-0.15, -0.1) is 0 Å². The predicted molar refractivity (Wildman–Crippen MR) is 122 cm³/mol. The molecule has 0 fully saturated rings. The Labute approximate surface area is 194 Å². The number of nitrogens with two attached hydrogens (primary N) is 1. The zero-order valence-electron chi connectivity index (χ0n) is 17.2. The number of rotatable bonds is 5. The summed E-state index contributed by atoms with van der Waals surface area (Å²) in [5.41, 5.74) is 8.43. The normalized spacial score (nSPS) is 14.7. The Balaban J connectivity index is 1.63. The molecule has 0 unspecified atom stereocenters. The van der Waals surface area contributed by atoms with Crippen molar-refractivity contribution < 1.29 is 19.0 Å². The van der Waals surface area contributed by atoms with E-state index >= 15 is 0 Å². The smallest absolute Gasteiger partial charge is 0.343 e. The molecule has 6 nitrogen and oxygen atoms in total. The molecule has 0 bridgehead atoms. The molecule has 0 saturated carbocycles. The van der Waals surface area contributed by atoms with Crippen molar-refractivity contribution in [2.24, 2.45) is 5.73 Å². The maximum atomic E-state index is 12.6. The molecule has 0 aliphatic carbocycles. The third-order valence-electron chi connectivity index (χ3n) is 4.98. The van der Waals surface area contributed by atoms with Crippen molar-refractivity contribution in [3.05, 3.63) is 99.3 Å². The highest BCUT2D eigenvalue weighted by Gasteiger charge is 2.31. The lowest BCUT2D eigenvalue weighted by atomic mass is 9.83. The topological polar surface area (TPSA) is 94.6 Å². The first-order valence-corrected chi connectivity index (χ1v) is 10.7. The zero-order valence-corrected chi connectivity index (χ0v) is 18.8. The number of hydrogen-bond donors (Lipinski definition) is 1. The van der Waals surface area contributed by atoms with Crippen LogP contribution in [0.2, 0.25) is 0 Å². The van der Waals surface area contributed by atoms with Crippen LogP contribution >= 0.6 is 15.9 Å². The minimum atomic E-state index is -0.506. The van der Waals surface area contributed by atoms with Gasteiger partial charge in [-0.05, 0) is 55.0 Å². The molecule has 1 aliphatic rings. The zero-order chi connectivity index (χ0) is 22.7. The number of ether oxygens (including phenoxy) is 3. The Morgan fingerprint density at radius 1 is 1.12 bits per heavy atom. The Hall–Kier alpha value is -3.76. The van der Waals surface area contributed by atoms with E-state index in [4.69, 9.17) is 19.9 Å². The van der Waals surface area contributed by atoms with Crippen molar-refractivity contribution in [1.29, 1.82) is 5.26 Å². The van der Waals surface area contributed by atoms with Crippen molar-refractivity contribution in [2.45, 2.75) is 12.8 Å². The van der Waals surface area contributed by atoms with Gasteiger partial charge in [-0.1, -0.05) is 34.1 Å². The van der Waals surface area contributed by atoms with E-state index in [2.05, 4.69) is 22.0 Å². The molecule has 0 radical (unpaired) electrons. The molecule has 1 atom stereocenters. The van der Waals surface area contributed by atoms with E-state index in [1.54, 1.807) is 42.5 Å². The monoisotopic (exact) mass is 490 g/mol. The lowest BCUT2D eigenvalue weighted by molar-refractivity contribution is 0.0734. The van der Waals surface area contributed by atoms with Crippen LogP contribution in [0.1, 0.15) is 34.3 Å². The van der Waals surface area contributed by atoms with Gasteiger partial charge >= 0.3 is 5.97 Å². The summed E-state index contributed by atoms with van der Waals surface area (Å²) in [7, 11) is 0. The summed E-state index contributed by atoms with van der Waals surface area (Å²) in [5, 5.41) is 9.68. The number of nitrogens with zero attached hydrogens (tertiary/aromatic N) is 1. The summed E-state index contributed by atoms with van der Waals surface area (Å²) in [4.78, 5) is 12.6. The first kappa shape index (κ1) is 21.5. The molecule has 3 aromatic rings. The third kappa shape index (κ3) is 4.32. The standard InChI is InChI=1S/C25H19BrN2O4/c1-2-30-18-8-6-15(7-9-18)25(29)31-19-10-11-20-22(13-19)32-24(28)21(14-27)23(20)16-4-3-5-17(26)12-16/h3-13,23H,2,28H2,1H3/t23-/m1/s1. The highest BCUT2D eigenvalue weighted by molar-refractivity contribution is 9.10. The number of carbonyl (C=O) groups is 1. The molecular weight excluding hydrogens is 472 g/mol. The number of esters is 1. The second-order valence-corrected chi connectivity index (χ2v) is 7.94. The summed E-state index contributed by atoms with van der Waals surface area (Å²) >= 11 is 3.47. The third-order valence-corrected chi connectivity index (χ3v) is 5.48. The molecule has 160 valence electrons. The van der Waals surface area contributed by atoms with Gasteiger partial charge in [-0.25, -0.2) is 4.79 Å². The van der Waals surface area contributed by atoms with Crippen LogP contribution < -0.4 is 19.9 Å². The Bertz CT molecular complexity index is 1250. The van der Waals surface area contributed by atoms with Gasteiger partial charge in [-0.2, -0.15) is 5.26 Å². The molecule has 2 N–H and O–H groups in total. The highest BCUT2D eigenvalue weighted by Crippen LogP contribution is 2.43. The maximum absolute atomic E-state index is 12.6. The molecule has 0 spiro atoms. The van der Waals surface area contributed by atoms with E-state index in [1.165, 1.54) is 0 Å². The van der Waals surface area contributed by atoms with E-state index in [0.717, 1.165) is 15.6 Å². The van der Waals surface area contributed by atoms with E-state index in [9.17, 15) is 10.1 Å². The van der Waals surface area contributed by atoms with Crippen LogP contribution in [-0.2, 0) is 0 Å². The first-order valence-electron chi connectivity index (χ1n) is 9.92. The fraction of sp³-hybridized carbons (Fsp3) is 0.120. The van der Waals surface area contributed by atoms with E-state index in [-0.39, 0.29) is 5.88 Å². The van der Waals surface area contributed by atoms with E-state index in [0.29, 0.717) is 35.0 Å². The van der Waals surface area contributed by atoms with Crippen molar-refractivity contribution in [1.82, 2.24) is 0 Å². The van der Waals surface area contributed by atoms with Crippen LogP contribution in [-0.4, -0.2) is 12.6 Å². The lowest BCUT2D eigenvalue weighted by Gasteiger charge is -2.26. The summed E-state index contributed by atoms with van der Waals surface area (Å²) in [6.07, 6.45) is 0. The van der Waals surface area contributed by atoms with E-state index in [1.807, 2.05) is 31.2 Å². The van der Waals surface area contributed by atoms with Gasteiger partial charge in [-0.3, -0.25) is 0 Å². The Morgan fingerprint density at radius 2 is 1.88 bits per heavy atom. The van der Waals surface area contributed by atoms with Crippen molar-refractivity contribution >= 4 is 21.9 Å². The van der Waals surface area contributed by atoms with Crippen LogP contribution in [0.25, 0.3) is 0 Å². The van der Waals surface area contributed by atoms with Gasteiger partial charge in [0.25, 0.3) is 0 Å². The molecule has 0 amide bonds. The molecule has 4 rings (SSSR count). The van der Waals surface area contributed by atoms with Crippen molar-refractivity contribution in [2.75, 3.05) is 6.61 Å². The SMILES string of the molecule is CCOc1ccc(C(=O)Oc2ccc3c(c2)OC(N)=C(C#N)[C@@H]3c2cccc(Br)c2)cc1. The van der Waals surface area contributed by atoms with Crippen molar-refractivity contribution in [3.8, 4) is 23.3 Å². The number of benzene rings is 3. The van der Waals surface area contributed by atoms with Gasteiger partial charge in [0.15, 0.2) is 0 Å². The number of nitriles is 1. The number of carbonyl (C=O) groups excluding carboxylic acids is 1. The molecule has 1 heterocycles. The fourth-order valence-corrected chi connectivity index (χ4v) is 3.97. The van der Waals surface area contributed by atoms with Crippen LogP contribution in [0.15, 0.2) is 82.7 Å². The van der Waals surface area contributed by atoms with Crippen LogP contribution in [0, 0.1) is 11.3 Å². The quantitative estimate of drug-likeness (QED) is 0.385. The maximum Gasteiger partial charge on any atom is 0.343 e. The average molecular weight is 491 g/mol. The molecule has 0 aromatic heterocycles. The van der Waals surface area contributed by atoms with Gasteiger partial charge in [0.1, 0.15) is 28.9 Å². The Morgan fingerprint density at radius 3 is 2.56 bits per heavy atom. The largest absolute Gasteiger partial charge is 0.494 e. The van der Waals surface area contributed by atoms with Gasteiger partial charge in [0.2, 0.25) is 5.88 Å². The Kier molecular flexibility index (Phi) is 6.15. The van der Waals surface area contributed by atoms with Crippen molar-refractivity contribution in [3.63, 3.8) is 0 Å². The second kappa shape index (κ2) is 9.16. The summed E-state index contributed by atoms with van der Waals surface area (Å²) in [5.74, 6) is 0.554. The van der Waals surface area contributed by atoms with E-state index < -0.39 is 11.9 Å². The number of allylic oxidation sites excluding steroid dienone is 1. The summed E-state index contributed by atoms with van der Waals surface area (Å²) in [6.45, 7) is 2.44. The molecular formula is C25H19BrN2O4. The molecule has 1 aliphatic heterocycles. The number of halogens is 1. The minimum absolute atomic E-state index is 0.0277. The van der Waals surface area contributed by atoms with Crippen LogP contribution in [0.4, 0.5) is 0 Å². The van der Waals surface area contributed by atoms with Crippen LogP contribution in [0.5, 0.6) is 17.2 Å². The summed E-state index contributed by atoms with van der Waals surface area (Å²) in [6, 6.07) is 21.6. The van der Waals surface area contributed by atoms with Gasteiger partial charge in [0.05, 0.1) is 18.1 Å². The average Bonchev–Trinajstić information content (AvgIpc) is 2.78. The second-order valence-electron chi connectivity index (χ2n) is 7.03. The molecule has 32 heavy (non-hydrogen) atoms. The number of fused-ring (bicyclic) bond motifs is 1. The van der Waals surface area contributed by atoms with Gasteiger partial charge < -0.3 is 19.9 Å². The summed E-state index contributed by atoms with van der Waals surface area (Å²) < 4.78 is 17.5. The van der Waals surface area contributed by atoms with Gasteiger partial charge in [0, 0.05) is 16.1 Å². The first-order chi connectivity index (χ1) is 15.5. The molecule has 0 saturated heterocycles. The predicted octanol–water partition coefficient (Wildman–Crippen LogP) is 5.29. The lowest BCUT2D eigenvalue weighted by Crippen LogP contribution is -2.21. The van der Waals surface area contributed by atoms with Crippen LogP contribution in [0.3, 0.4) is 0 Å². The number of hydrogen-bond acceptors (Lipinski definition) is 6.